The van der Waals surface area contributed by atoms with Gasteiger partial charge in [0.25, 0.3) is 0 Å². The van der Waals surface area contributed by atoms with Crippen molar-refractivity contribution < 1.29 is 37.3 Å². The van der Waals surface area contributed by atoms with Crippen molar-refractivity contribution >= 4 is 17.9 Å². The van der Waals surface area contributed by atoms with E-state index in [2.05, 4.69) is 4.98 Å². The lowest BCUT2D eigenvalue weighted by molar-refractivity contribution is -0.138. The van der Waals surface area contributed by atoms with Crippen LogP contribution in [-0.2, 0) is 17.5 Å². The van der Waals surface area contributed by atoms with Crippen LogP contribution in [0.2, 0.25) is 0 Å². The van der Waals surface area contributed by atoms with Gasteiger partial charge in [-0.2, -0.15) is 13.2 Å². The summed E-state index contributed by atoms with van der Waals surface area (Å²) in [6, 6.07) is 16.1. The summed E-state index contributed by atoms with van der Waals surface area (Å²) in [5.41, 5.74) is -0.408. The molecule has 0 unspecified atom stereocenters. The molecule has 0 spiro atoms. The molecule has 3 rings (SSSR count). The van der Waals surface area contributed by atoms with Gasteiger partial charge in [0, 0.05) is 19.8 Å². The average Bonchev–Trinajstić information content (AvgIpc) is 2.84. The minimum absolute atomic E-state index is 0.132. The Kier molecular flexibility index (Phi) is 8.71. The maximum absolute atomic E-state index is 12.9. The molecule has 11 heteroatoms. The highest BCUT2D eigenvalue weighted by Gasteiger charge is 2.31. The molecule has 0 saturated carbocycles. The fraction of sp³-hybridized carbons (Fsp3) is 0.240. The van der Waals surface area contributed by atoms with Gasteiger partial charge in [-0.15, -0.1) is 0 Å². The van der Waals surface area contributed by atoms with Crippen LogP contribution >= 0.6 is 0 Å². The molecule has 36 heavy (non-hydrogen) atoms. The summed E-state index contributed by atoms with van der Waals surface area (Å²) in [6.07, 6.45) is -4.00. The highest BCUT2D eigenvalue weighted by molar-refractivity contribution is 5.78. The number of pyridine rings is 1. The van der Waals surface area contributed by atoms with Crippen LogP contribution in [0.3, 0.4) is 0 Å². The molecule has 2 aromatic carbocycles. The Balaban J connectivity index is 1.58. The largest absolute Gasteiger partial charge is 0.492 e. The van der Waals surface area contributed by atoms with Crippen LogP contribution in [0, 0.1) is 0 Å². The zero-order valence-electron chi connectivity index (χ0n) is 19.3. The molecule has 1 amide bonds. The van der Waals surface area contributed by atoms with Crippen molar-refractivity contribution in [3.05, 3.63) is 84.1 Å². The number of hydrogen-bond donors (Lipinski definition) is 1. The number of benzene rings is 2. The molecular weight excluding hydrogens is 479 g/mol. The first-order valence-corrected chi connectivity index (χ1v) is 10.8. The number of rotatable bonds is 10. The van der Waals surface area contributed by atoms with Gasteiger partial charge >= 0.3 is 18.2 Å². The fourth-order valence-corrected chi connectivity index (χ4v) is 3.16. The molecule has 0 radical (unpaired) electrons. The molecule has 0 aliphatic rings. The fourth-order valence-electron chi connectivity index (χ4n) is 3.16. The molecule has 0 aliphatic heterocycles. The smallest absolute Gasteiger partial charge is 0.416 e. The molecule has 8 nitrogen and oxygen atoms in total. The lowest BCUT2D eigenvalue weighted by atomic mass is 10.2. The van der Waals surface area contributed by atoms with E-state index in [4.69, 9.17) is 14.6 Å². The summed E-state index contributed by atoms with van der Waals surface area (Å²) in [6.45, 7) is 0.149. The summed E-state index contributed by atoms with van der Waals surface area (Å²) in [7, 11) is 1.89. The van der Waals surface area contributed by atoms with E-state index >= 15 is 0 Å². The number of carboxylic acids is 1. The third-order valence-corrected chi connectivity index (χ3v) is 4.98. The van der Waals surface area contributed by atoms with Crippen LogP contribution in [0.15, 0.2) is 72.9 Å². The predicted molar refractivity (Wildman–Crippen MR) is 125 cm³/mol. The molecule has 0 bridgehead atoms. The van der Waals surface area contributed by atoms with Crippen molar-refractivity contribution in [2.75, 3.05) is 31.6 Å². The van der Waals surface area contributed by atoms with E-state index in [0.29, 0.717) is 30.5 Å². The van der Waals surface area contributed by atoms with Gasteiger partial charge in [-0.1, -0.05) is 24.3 Å². The van der Waals surface area contributed by atoms with Crippen LogP contribution in [-0.4, -0.2) is 53.8 Å². The Morgan fingerprint density at radius 3 is 2.39 bits per heavy atom. The summed E-state index contributed by atoms with van der Waals surface area (Å²) in [5.74, 6) is -0.255. The first-order valence-electron chi connectivity index (χ1n) is 10.8. The number of nitrogens with zero attached hydrogens (tertiary/aromatic N) is 3. The summed E-state index contributed by atoms with van der Waals surface area (Å²) < 4.78 is 49.5. The predicted octanol–water partition coefficient (Wildman–Crippen LogP) is 4.70. The average molecular weight is 503 g/mol. The van der Waals surface area contributed by atoms with Crippen LogP contribution in [0.5, 0.6) is 11.5 Å². The topological polar surface area (TPSA) is 92.2 Å². The normalized spacial score (nSPS) is 11.0. The quantitative estimate of drug-likeness (QED) is 0.429. The number of aliphatic carboxylic acids is 1. The number of carbonyl (C=O) groups is 2. The monoisotopic (exact) mass is 503 g/mol. The molecule has 3 aromatic rings. The van der Waals surface area contributed by atoms with Gasteiger partial charge in [0.2, 0.25) is 0 Å². The minimum atomic E-state index is -4.61. The molecule has 1 aromatic heterocycles. The number of halogens is 3. The van der Waals surface area contributed by atoms with Crippen molar-refractivity contribution in [3.8, 4) is 11.5 Å². The van der Waals surface area contributed by atoms with Crippen molar-refractivity contribution in [2.24, 2.45) is 0 Å². The molecular formula is C25H24F3N3O5. The van der Waals surface area contributed by atoms with Gasteiger partial charge in [-0.05, 0) is 48.0 Å². The second kappa shape index (κ2) is 11.9. The Morgan fingerprint density at radius 1 is 1.00 bits per heavy atom. The van der Waals surface area contributed by atoms with E-state index in [1.54, 1.807) is 30.5 Å². The Bertz CT molecular complexity index is 1160. The van der Waals surface area contributed by atoms with Crippen LogP contribution in [0.4, 0.5) is 23.8 Å². The van der Waals surface area contributed by atoms with E-state index in [0.717, 1.165) is 22.9 Å². The Hall–Kier alpha value is -4.28. The Morgan fingerprint density at radius 2 is 1.75 bits per heavy atom. The van der Waals surface area contributed by atoms with Crippen LogP contribution in [0.1, 0.15) is 11.1 Å². The number of aromatic nitrogens is 1. The van der Waals surface area contributed by atoms with E-state index < -0.39 is 30.3 Å². The molecule has 0 aliphatic carbocycles. The molecule has 0 fully saturated rings. The van der Waals surface area contributed by atoms with E-state index in [-0.39, 0.29) is 12.3 Å². The van der Waals surface area contributed by atoms with Gasteiger partial charge < -0.3 is 19.5 Å². The van der Waals surface area contributed by atoms with Crippen LogP contribution in [0.25, 0.3) is 0 Å². The third kappa shape index (κ3) is 7.90. The zero-order valence-corrected chi connectivity index (χ0v) is 19.3. The maximum Gasteiger partial charge on any atom is 0.416 e. The summed E-state index contributed by atoms with van der Waals surface area (Å²) in [4.78, 5) is 30.8. The number of carbonyl (C=O) groups excluding carboxylic acids is 1. The Labute approximate surface area is 205 Å². The highest BCUT2D eigenvalue weighted by Crippen LogP contribution is 2.31. The molecule has 1 heterocycles. The van der Waals surface area contributed by atoms with Gasteiger partial charge in [0.15, 0.2) is 0 Å². The maximum atomic E-state index is 12.9. The van der Waals surface area contributed by atoms with Crippen molar-refractivity contribution in [1.29, 1.82) is 0 Å². The first kappa shape index (κ1) is 26.3. The van der Waals surface area contributed by atoms with E-state index in [1.165, 1.54) is 6.07 Å². The van der Waals surface area contributed by atoms with Gasteiger partial charge in [-0.3, -0.25) is 9.69 Å². The zero-order chi connectivity index (χ0) is 26.1. The molecule has 1 N–H and O–H groups in total. The number of likely N-dealkylation sites (N-methyl/N-ethyl adjacent to an activating group) is 1. The molecule has 0 atom stereocenters. The summed E-state index contributed by atoms with van der Waals surface area (Å²) >= 11 is 0. The second-order valence-corrected chi connectivity index (χ2v) is 7.75. The number of hydrogen-bond acceptors (Lipinski definition) is 6. The van der Waals surface area contributed by atoms with Gasteiger partial charge in [0.1, 0.15) is 30.5 Å². The lowest BCUT2D eigenvalue weighted by Gasteiger charge is -2.21. The van der Waals surface area contributed by atoms with Crippen molar-refractivity contribution in [3.63, 3.8) is 0 Å². The summed E-state index contributed by atoms with van der Waals surface area (Å²) in [5, 5.41) is 9.17. The van der Waals surface area contributed by atoms with Crippen molar-refractivity contribution in [2.45, 2.75) is 12.7 Å². The van der Waals surface area contributed by atoms with E-state index in [9.17, 15) is 22.8 Å². The number of alkyl halides is 3. The van der Waals surface area contributed by atoms with Gasteiger partial charge in [0.05, 0.1) is 12.1 Å². The standard InChI is InChI=1S/C25H24F3N3O5/c1-30(22-7-2-3-12-29-22)13-14-35-20-10-8-18(9-11-20)16-31(17-23(32)33)24(34)36-21-6-4-5-19(15-21)25(26,27)28/h2-12,15H,13-14,16-17H2,1H3,(H,32,33). The highest BCUT2D eigenvalue weighted by atomic mass is 19.4. The SMILES string of the molecule is CN(CCOc1ccc(CN(CC(=O)O)C(=O)Oc2cccc(C(F)(F)F)c2)cc1)c1ccccn1. The number of ether oxygens (including phenoxy) is 2. The lowest BCUT2D eigenvalue weighted by Crippen LogP contribution is -2.37. The van der Waals surface area contributed by atoms with Gasteiger partial charge in [-0.25, -0.2) is 9.78 Å². The molecule has 190 valence electrons. The first-order chi connectivity index (χ1) is 17.1. The van der Waals surface area contributed by atoms with Crippen molar-refractivity contribution in [1.82, 2.24) is 9.88 Å². The number of carboxylic acid groups (broad SMARTS) is 1. The third-order valence-electron chi connectivity index (χ3n) is 4.98. The number of amides is 1. The second-order valence-electron chi connectivity index (χ2n) is 7.75. The van der Waals surface area contributed by atoms with Crippen LogP contribution < -0.4 is 14.4 Å². The van der Waals surface area contributed by atoms with E-state index in [1.807, 2.05) is 30.1 Å². The molecule has 0 saturated heterocycles. The minimum Gasteiger partial charge on any atom is -0.492 e. The number of anilines is 1.